The molecule has 0 saturated heterocycles. The first-order chi connectivity index (χ1) is 10.5. The van der Waals surface area contributed by atoms with E-state index in [2.05, 4.69) is 5.10 Å². The van der Waals surface area contributed by atoms with Crippen LogP contribution in [0, 0.1) is 12.7 Å². The van der Waals surface area contributed by atoms with E-state index in [9.17, 15) is 9.18 Å². The number of rotatable bonds is 3. The van der Waals surface area contributed by atoms with E-state index in [1.165, 1.54) is 12.1 Å². The standard InChI is InChI=1S/C17H13FN2O2/c1-11-8-16-13(9-12(11)2-7-17(21)22)10-19-20(16)15-5-3-14(18)4-6-15/h2-10H,1H3,(H,21,22). The molecular formula is C17H13FN2O2. The van der Waals surface area contributed by atoms with Crippen molar-refractivity contribution in [2.75, 3.05) is 0 Å². The van der Waals surface area contributed by atoms with Crippen molar-refractivity contribution in [3.63, 3.8) is 0 Å². The first kappa shape index (κ1) is 14.0. The quantitative estimate of drug-likeness (QED) is 0.752. The largest absolute Gasteiger partial charge is 0.478 e. The summed E-state index contributed by atoms with van der Waals surface area (Å²) >= 11 is 0. The zero-order valence-corrected chi connectivity index (χ0v) is 11.8. The Morgan fingerprint density at radius 2 is 2.00 bits per heavy atom. The molecule has 3 aromatic rings. The number of hydrogen-bond donors (Lipinski definition) is 1. The number of carboxylic acid groups (broad SMARTS) is 1. The maximum Gasteiger partial charge on any atom is 0.328 e. The summed E-state index contributed by atoms with van der Waals surface area (Å²) in [6.07, 6.45) is 4.38. The number of nitrogens with zero attached hydrogens (tertiary/aromatic N) is 2. The fraction of sp³-hybridized carbons (Fsp3) is 0.0588. The Morgan fingerprint density at radius 3 is 2.68 bits per heavy atom. The van der Waals surface area contributed by atoms with Crippen LogP contribution < -0.4 is 0 Å². The van der Waals surface area contributed by atoms with Gasteiger partial charge in [-0.2, -0.15) is 5.10 Å². The maximum atomic E-state index is 13.0. The summed E-state index contributed by atoms with van der Waals surface area (Å²) in [6.45, 7) is 1.91. The monoisotopic (exact) mass is 296 g/mol. The molecule has 0 spiro atoms. The van der Waals surface area contributed by atoms with Crippen LogP contribution >= 0.6 is 0 Å². The summed E-state index contributed by atoms with van der Waals surface area (Å²) in [4.78, 5) is 10.6. The topological polar surface area (TPSA) is 55.1 Å². The molecule has 0 fully saturated rings. The molecule has 0 aliphatic heterocycles. The number of hydrogen-bond acceptors (Lipinski definition) is 2. The van der Waals surface area contributed by atoms with Gasteiger partial charge in [0.05, 0.1) is 17.4 Å². The summed E-state index contributed by atoms with van der Waals surface area (Å²) in [5, 5.41) is 13.9. The summed E-state index contributed by atoms with van der Waals surface area (Å²) in [7, 11) is 0. The Hall–Kier alpha value is -2.95. The number of halogens is 1. The van der Waals surface area contributed by atoms with E-state index in [0.29, 0.717) is 0 Å². The van der Waals surface area contributed by atoms with Gasteiger partial charge < -0.3 is 5.11 Å². The number of carbonyl (C=O) groups is 1. The molecule has 22 heavy (non-hydrogen) atoms. The molecule has 1 N–H and O–H groups in total. The van der Waals surface area contributed by atoms with Crippen molar-refractivity contribution < 1.29 is 14.3 Å². The summed E-state index contributed by atoms with van der Waals surface area (Å²) in [6, 6.07) is 9.92. The normalized spacial score (nSPS) is 11.4. The van der Waals surface area contributed by atoms with Gasteiger partial charge in [-0.25, -0.2) is 13.9 Å². The Morgan fingerprint density at radius 1 is 1.27 bits per heavy atom. The second-order valence-electron chi connectivity index (χ2n) is 4.97. The first-order valence-electron chi connectivity index (χ1n) is 6.70. The van der Waals surface area contributed by atoms with Crippen molar-refractivity contribution in [1.29, 1.82) is 0 Å². The molecular weight excluding hydrogens is 283 g/mol. The van der Waals surface area contributed by atoms with Crippen molar-refractivity contribution in [1.82, 2.24) is 9.78 Å². The van der Waals surface area contributed by atoms with Crippen LogP contribution in [-0.2, 0) is 4.79 Å². The van der Waals surface area contributed by atoms with Gasteiger partial charge in [0.1, 0.15) is 5.82 Å². The molecule has 2 aromatic carbocycles. The maximum absolute atomic E-state index is 13.0. The van der Waals surface area contributed by atoms with Gasteiger partial charge in [0.25, 0.3) is 0 Å². The highest BCUT2D eigenvalue weighted by atomic mass is 19.1. The van der Waals surface area contributed by atoms with Gasteiger partial charge in [-0.1, -0.05) is 0 Å². The minimum atomic E-state index is -0.985. The fourth-order valence-electron chi connectivity index (χ4n) is 2.32. The highest BCUT2D eigenvalue weighted by Crippen LogP contribution is 2.23. The van der Waals surface area contributed by atoms with Gasteiger partial charge in [-0.3, -0.25) is 0 Å². The molecule has 0 aliphatic carbocycles. The van der Waals surface area contributed by atoms with E-state index >= 15 is 0 Å². The zero-order chi connectivity index (χ0) is 15.7. The minimum absolute atomic E-state index is 0.294. The van der Waals surface area contributed by atoms with Crippen LogP contribution in [0.4, 0.5) is 4.39 Å². The highest BCUT2D eigenvalue weighted by Gasteiger charge is 2.07. The second-order valence-corrected chi connectivity index (χ2v) is 4.97. The lowest BCUT2D eigenvalue weighted by atomic mass is 10.1. The molecule has 0 amide bonds. The van der Waals surface area contributed by atoms with Gasteiger partial charge in [0.15, 0.2) is 0 Å². The molecule has 0 saturated carbocycles. The summed E-state index contributed by atoms with van der Waals surface area (Å²) in [5.74, 6) is -1.28. The lowest BCUT2D eigenvalue weighted by Crippen LogP contribution is -1.96. The predicted molar refractivity (Wildman–Crippen MR) is 82.4 cm³/mol. The molecule has 0 unspecified atom stereocenters. The van der Waals surface area contributed by atoms with Crippen LogP contribution in [0.2, 0.25) is 0 Å². The molecule has 3 rings (SSSR count). The summed E-state index contributed by atoms with van der Waals surface area (Å²) < 4.78 is 14.8. The van der Waals surface area contributed by atoms with Crippen molar-refractivity contribution in [3.8, 4) is 5.69 Å². The van der Waals surface area contributed by atoms with E-state index in [-0.39, 0.29) is 5.82 Å². The third kappa shape index (κ3) is 2.61. The highest BCUT2D eigenvalue weighted by molar-refractivity contribution is 5.89. The van der Waals surface area contributed by atoms with Gasteiger partial charge in [0.2, 0.25) is 0 Å². The third-order valence-electron chi connectivity index (χ3n) is 3.43. The van der Waals surface area contributed by atoms with Crippen LogP contribution in [0.3, 0.4) is 0 Å². The van der Waals surface area contributed by atoms with E-state index in [0.717, 1.165) is 33.8 Å². The number of aromatic nitrogens is 2. The van der Waals surface area contributed by atoms with Crippen LogP contribution in [-0.4, -0.2) is 20.9 Å². The van der Waals surface area contributed by atoms with Crippen LogP contribution in [0.15, 0.2) is 48.7 Å². The molecule has 4 nitrogen and oxygen atoms in total. The Balaban J connectivity index is 2.10. The molecule has 0 aliphatic rings. The van der Waals surface area contributed by atoms with Crippen molar-refractivity contribution in [2.45, 2.75) is 6.92 Å². The smallest absolute Gasteiger partial charge is 0.328 e. The van der Waals surface area contributed by atoms with Gasteiger partial charge in [-0.15, -0.1) is 0 Å². The Labute approximate surface area is 126 Å². The van der Waals surface area contributed by atoms with Gasteiger partial charge in [-0.05, 0) is 60.5 Å². The second kappa shape index (κ2) is 5.44. The number of aliphatic carboxylic acids is 1. The number of aryl methyl sites for hydroxylation is 1. The van der Waals surface area contributed by atoms with Gasteiger partial charge >= 0.3 is 5.97 Å². The average molecular weight is 296 g/mol. The predicted octanol–water partition coefficient (Wildman–Crippen LogP) is 3.57. The van der Waals surface area contributed by atoms with Crippen molar-refractivity contribution >= 4 is 22.9 Å². The summed E-state index contributed by atoms with van der Waals surface area (Å²) in [5.41, 5.74) is 3.42. The van der Waals surface area contributed by atoms with Crippen LogP contribution in [0.1, 0.15) is 11.1 Å². The molecule has 0 radical (unpaired) electrons. The van der Waals surface area contributed by atoms with Crippen LogP contribution in [0.5, 0.6) is 0 Å². The van der Waals surface area contributed by atoms with Gasteiger partial charge in [0, 0.05) is 11.5 Å². The zero-order valence-electron chi connectivity index (χ0n) is 11.8. The van der Waals surface area contributed by atoms with Crippen molar-refractivity contribution in [3.05, 3.63) is 65.6 Å². The average Bonchev–Trinajstić information content (AvgIpc) is 2.88. The molecule has 5 heteroatoms. The Kier molecular flexibility index (Phi) is 3.47. The van der Waals surface area contributed by atoms with Crippen molar-refractivity contribution in [2.24, 2.45) is 0 Å². The lowest BCUT2D eigenvalue weighted by molar-refractivity contribution is -0.131. The third-order valence-corrected chi connectivity index (χ3v) is 3.43. The Bertz CT molecular complexity index is 880. The SMILES string of the molecule is Cc1cc2c(cnn2-c2ccc(F)cc2)cc1C=CC(=O)O. The molecule has 110 valence electrons. The molecule has 0 bridgehead atoms. The first-order valence-corrected chi connectivity index (χ1v) is 6.70. The number of benzene rings is 2. The molecule has 1 heterocycles. The van der Waals surface area contributed by atoms with E-state index in [1.54, 1.807) is 29.1 Å². The minimum Gasteiger partial charge on any atom is -0.478 e. The number of fused-ring (bicyclic) bond motifs is 1. The molecule has 1 aromatic heterocycles. The van der Waals surface area contributed by atoms with E-state index < -0.39 is 5.97 Å². The molecule has 0 atom stereocenters. The number of carboxylic acids is 1. The van der Waals surface area contributed by atoms with E-state index in [4.69, 9.17) is 5.11 Å². The lowest BCUT2D eigenvalue weighted by Gasteiger charge is -2.06. The van der Waals surface area contributed by atoms with Crippen LogP contribution in [0.25, 0.3) is 22.7 Å². The van der Waals surface area contributed by atoms with E-state index in [1.807, 2.05) is 19.1 Å². The fourth-order valence-corrected chi connectivity index (χ4v) is 2.32.